The Bertz CT molecular complexity index is 535. The molecule has 1 heteroatoms. The largest absolute Gasteiger partial charge is 0.300 e. The lowest BCUT2D eigenvalue weighted by atomic mass is 9.88. The fourth-order valence-corrected chi connectivity index (χ4v) is 4.73. The van der Waals surface area contributed by atoms with Gasteiger partial charge in [0.1, 0.15) is 5.78 Å². The molecular formula is C33H60O. The van der Waals surface area contributed by atoms with Crippen molar-refractivity contribution in [2.45, 2.75) is 151 Å². The van der Waals surface area contributed by atoms with Crippen LogP contribution in [0.2, 0.25) is 0 Å². The Labute approximate surface area is 214 Å². The zero-order valence-corrected chi connectivity index (χ0v) is 24.2. The van der Waals surface area contributed by atoms with Crippen LogP contribution in [0.1, 0.15) is 156 Å². The Morgan fingerprint density at radius 2 is 0.941 bits per heavy atom. The van der Waals surface area contributed by atoms with E-state index in [0.29, 0.717) is 5.92 Å². The maximum atomic E-state index is 10.3. The summed E-state index contributed by atoms with van der Waals surface area (Å²) in [6.45, 7) is 15.1. The maximum Gasteiger partial charge on any atom is 0.130 e. The Hall–Kier alpha value is -1.11. The first kappa shape index (κ1) is 32.9. The topological polar surface area (TPSA) is 17.1 Å². The van der Waals surface area contributed by atoms with Crippen molar-refractivity contribution in [3.05, 3.63) is 35.9 Å². The normalized spacial score (nSPS) is 11.4. The third-order valence-corrected chi connectivity index (χ3v) is 6.63. The number of hydrogen-bond donors (Lipinski definition) is 0. The van der Waals surface area contributed by atoms with Gasteiger partial charge in [-0.15, -0.1) is 0 Å². The molecule has 0 aliphatic carbocycles. The van der Waals surface area contributed by atoms with Gasteiger partial charge >= 0.3 is 0 Å². The Kier molecular flexibility index (Phi) is 21.6. The summed E-state index contributed by atoms with van der Waals surface area (Å²) in [4.78, 5) is 10.3. The fraction of sp³-hybridized carbons (Fsp3) is 0.788. The molecule has 0 saturated heterocycles. The average Bonchev–Trinajstić information content (AvgIpc) is 2.76. The Morgan fingerprint density at radius 3 is 1.26 bits per heavy atom. The second-order valence-electron chi connectivity index (χ2n) is 11.9. The van der Waals surface area contributed by atoms with Crippen LogP contribution < -0.4 is 0 Å². The number of carbonyl (C=O) groups excluding carboxylic acids is 1. The third-order valence-electron chi connectivity index (χ3n) is 6.63. The van der Waals surface area contributed by atoms with Gasteiger partial charge in [-0.2, -0.15) is 0 Å². The van der Waals surface area contributed by atoms with Crippen LogP contribution in [0.5, 0.6) is 0 Å². The minimum atomic E-state index is 0.287. The van der Waals surface area contributed by atoms with Crippen LogP contribution in [0.15, 0.2) is 30.3 Å². The molecule has 0 aromatic heterocycles. The minimum absolute atomic E-state index is 0.287. The Morgan fingerprint density at radius 1 is 0.559 bits per heavy atom. The summed E-state index contributed by atoms with van der Waals surface area (Å²) in [7, 11) is 0. The molecule has 1 rings (SSSR count). The fourth-order valence-electron chi connectivity index (χ4n) is 4.73. The van der Waals surface area contributed by atoms with Gasteiger partial charge in [-0.25, -0.2) is 0 Å². The van der Waals surface area contributed by atoms with Gasteiger partial charge in [0.25, 0.3) is 0 Å². The molecule has 0 aliphatic rings. The van der Waals surface area contributed by atoms with Crippen LogP contribution >= 0.6 is 0 Å². The summed E-state index contributed by atoms with van der Waals surface area (Å²) >= 11 is 0. The van der Waals surface area contributed by atoms with Crippen molar-refractivity contribution in [2.75, 3.05) is 0 Å². The van der Waals surface area contributed by atoms with E-state index >= 15 is 0 Å². The zero-order valence-electron chi connectivity index (χ0n) is 24.2. The van der Waals surface area contributed by atoms with Gasteiger partial charge in [0.05, 0.1) is 0 Å². The monoisotopic (exact) mass is 472 g/mol. The number of Topliss-reactive ketones (excluding diaryl/α,β-unsaturated/α-hetero) is 1. The molecule has 0 bridgehead atoms. The summed E-state index contributed by atoms with van der Waals surface area (Å²) < 4.78 is 0. The summed E-state index contributed by atoms with van der Waals surface area (Å²) in [5, 5.41) is 0. The molecular weight excluding hydrogens is 412 g/mol. The van der Waals surface area contributed by atoms with Crippen molar-refractivity contribution in [2.24, 2.45) is 17.8 Å². The van der Waals surface area contributed by atoms with Crippen LogP contribution in [0, 0.1) is 17.8 Å². The summed E-state index contributed by atoms with van der Waals surface area (Å²) in [6, 6.07) is 11.3. The van der Waals surface area contributed by atoms with Crippen molar-refractivity contribution in [1.82, 2.24) is 0 Å². The zero-order chi connectivity index (χ0) is 25.6. The maximum absolute atomic E-state index is 10.3. The van der Waals surface area contributed by atoms with E-state index in [4.69, 9.17) is 0 Å². The van der Waals surface area contributed by atoms with E-state index in [-0.39, 0.29) is 5.78 Å². The lowest BCUT2D eigenvalue weighted by molar-refractivity contribution is -0.117. The number of hydrogen-bond acceptors (Lipinski definition) is 1. The molecule has 0 fully saturated rings. The lowest BCUT2D eigenvalue weighted by Gasteiger charge is -2.17. The van der Waals surface area contributed by atoms with Crippen molar-refractivity contribution < 1.29 is 4.79 Å². The molecule has 0 N–H and O–H groups in total. The van der Waals surface area contributed by atoms with Crippen LogP contribution in [0.4, 0.5) is 0 Å². The smallest absolute Gasteiger partial charge is 0.130 e. The summed E-state index contributed by atoms with van der Waals surface area (Å²) in [6.07, 6.45) is 20.6. The molecule has 0 unspecified atom stereocenters. The van der Waals surface area contributed by atoms with Crippen molar-refractivity contribution in [1.29, 1.82) is 0 Å². The van der Waals surface area contributed by atoms with Crippen molar-refractivity contribution in [3.63, 3.8) is 0 Å². The molecule has 0 aliphatic heterocycles. The average molecular weight is 473 g/mol. The number of carbonyl (C=O) groups is 1. The molecule has 0 amide bonds. The van der Waals surface area contributed by atoms with Crippen LogP contribution in [0.3, 0.4) is 0 Å². The molecule has 0 spiro atoms. The highest BCUT2D eigenvalue weighted by Gasteiger charge is 2.11. The first-order valence-electron chi connectivity index (χ1n) is 14.8. The molecule has 1 aromatic rings. The van der Waals surface area contributed by atoms with Gasteiger partial charge in [-0.05, 0) is 49.0 Å². The van der Waals surface area contributed by atoms with E-state index in [1.807, 2.05) is 13.8 Å². The van der Waals surface area contributed by atoms with Gasteiger partial charge in [0, 0.05) is 6.42 Å². The highest BCUT2D eigenvalue weighted by molar-refractivity contribution is 5.75. The van der Waals surface area contributed by atoms with E-state index in [0.717, 1.165) is 24.2 Å². The van der Waals surface area contributed by atoms with Crippen LogP contribution in [0.25, 0.3) is 0 Å². The standard InChI is InChI=1S/C27H48.C6H12O/c1-24(2)18-12-7-5-9-14-20-26(27-22-16-11-17-23-27)21-15-10-6-8-13-19-25(3)4;1-5(2)4-6(3)7/h11,16-17,22-26H,5-10,12-15,18-21H2,1-4H3;5H,4H2,1-3H3. The quantitative estimate of drug-likeness (QED) is 0.183. The molecule has 0 heterocycles. The van der Waals surface area contributed by atoms with Gasteiger partial charge in [0.15, 0.2) is 0 Å². The number of rotatable bonds is 19. The molecule has 0 saturated carbocycles. The van der Waals surface area contributed by atoms with E-state index in [9.17, 15) is 4.79 Å². The van der Waals surface area contributed by atoms with Crippen LogP contribution in [-0.2, 0) is 4.79 Å². The SMILES string of the molecule is CC(=O)CC(C)C.CC(C)CCCCCCCC(CCCCCCCC(C)C)c1ccccc1. The number of unbranched alkanes of at least 4 members (excludes halogenated alkanes) is 8. The molecule has 0 radical (unpaired) electrons. The highest BCUT2D eigenvalue weighted by atomic mass is 16.1. The molecule has 0 atom stereocenters. The number of benzene rings is 1. The van der Waals surface area contributed by atoms with Gasteiger partial charge in [0.2, 0.25) is 0 Å². The molecule has 1 nitrogen and oxygen atoms in total. The predicted molar refractivity (Wildman–Crippen MR) is 154 cm³/mol. The third kappa shape index (κ3) is 22.7. The second kappa shape index (κ2) is 22.4. The summed E-state index contributed by atoms with van der Waals surface area (Å²) in [5.41, 5.74) is 1.58. The number of ketones is 1. The summed E-state index contributed by atoms with van der Waals surface area (Å²) in [5.74, 6) is 3.35. The predicted octanol–water partition coefficient (Wildman–Crippen LogP) is 11.2. The minimum Gasteiger partial charge on any atom is -0.300 e. The van der Waals surface area contributed by atoms with Crippen LogP contribution in [-0.4, -0.2) is 5.78 Å². The molecule has 198 valence electrons. The lowest BCUT2D eigenvalue weighted by Crippen LogP contribution is -2.00. The highest BCUT2D eigenvalue weighted by Crippen LogP contribution is 2.28. The van der Waals surface area contributed by atoms with Gasteiger partial charge in [-0.1, -0.05) is 149 Å². The van der Waals surface area contributed by atoms with Crippen molar-refractivity contribution >= 4 is 5.78 Å². The first-order valence-corrected chi connectivity index (χ1v) is 14.8. The first-order chi connectivity index (χ1) is 16.2. The van der Waals surface area contributed by atoms with Crippen molar-refractivity contribution in [3.8, 4) is 0 Å². The van der Waals surface area contributed by atoms with E-state index in [1.165, 1.54) is 89.9 Å². The van der Waals surface area contributed by atoms with E-state index < -0.39 is 0 Å². The van der Waals surface area contributed by atoms with Gasteiger partial charge in [-0.3, -0.25) is 0 Å². The van der Waals surface area contributed by atoms with E-state index in [1.54, 1.807) is 12.5 Å². The molecule has 34 heavy (non-hydrogen) atoms. The second-order valence-corrected chi connectivity index (χ2v) is 11.9. The van der Waals surface area contributed by atoms with Gasteiger partial charge < -0.3 is 4.79 Å². The molecule has 1 aromatic carbocycles. The van der Waals surface area contributed by atoms with E-state index in [2.05, 4.69) is 58.0 Å². The Balaban J connectivity index is 0.00000135.